The fraction of sp³-hybridized carbons (Fsp3) is 0.462. The van der Waals surface area contributed by atoms with Gasteiger partial charge >= 0.3 is 0 Å². The van der Waals surface area contributed by atoms with Crippen LogP contribution in [0.5, 0.6) is 0 Å². The number of benzene rings is 1. The molecule has 0 radical (unpaired) electrons. The second-order valence-electron chi connectivity index (χ2n) is 3.55. The van der Waals surface area contributed by atoms with Gasteiger partial charge in [0.2, 0.25) is 0 Å². The van der Waals surface area contributed by atoms with Crippen LogP contribution in [-0.4, -0.2) is 19.3 Å². The average Bonchev–Trinajstić information content (AvgIpc) is 2.34. The number of hydrogen-bond acceptors (Lipinski definition) is 3. The van der Waals surface area contributed by atoms with Gasteiger partial charge in [-0.1, -0.05) is 18.2 Å². The Labute approximate surface area is 96.6 Å². The minimum atomic E-state index is 0.0479. The second-order valence-corrected chi connectivity index (χ2v) is 3.55. The molecule has 0 saturated heterocycles. The number of hydrogen-bond donors (Lipinski definition) is 0. The lowest BCUT2D eigenvalue weighted by molar-refractivity contribution is -0.0117. The van der Waals surface area contributed by atoms with Crippen molar-refractivity contribution in [3.8, 4) is 6.07 Å². The van der Waals surface area contributed by atoms with Gasteiger partial charge in [-0.05, 0) is 25.5 Å². The van der Waals surface area contributed by atoms with E-state index in [2.05, 4.69) is 6.07 Å². The van der Waals surface area contributed by atoms with Gasteiger partial charge in [0.25, 0.3) is 0 Å². The highest BCUT2D eigenvalue weighted by atomic mass is 16.5. The van der Waals surface area contributed by atoms with E-state index >= 15 is 0 Å². The Balaban J connectivity index is 2.45. The smallest absolute Gasteiger partial charge is 0.0995 e. The van der Waals surface area contributed by atoms with Crippen LogP contribution in [0.3, 0.4) is 0 Å². The maximum atomic E-state index is 8.89. The molecule has 3 heteroatoms. The van der Waals surface area contributed by atoms with Gasteiger partial charge in [-0.25, -0.2) is 0 Å². The van der Waals surface area contributed by atoms with Gasteiger partial charge in [0, 0.05) is 6.61 Å². The Morgan fingerprint density at radius 3 is 2.81 bits per heavy atom. The quantitative estimate of drug-likeness (QED) is 0.738. The lowest BCUT2D eigenvalue weighted by atomic mass is 10.1. The zero-order valence-corrected chi connectivity index (χ0v) is 9.77. The average molecular weight is 219 g/mol. The molecule has 1 aromatic rings. The highest BCUT2D eigenvalue weighted by Gasteiger charge is 2.05. The molecule has 1 unspecified atom stereocenters. The molecule has 0 N–H and O–H groups in total. The van der Waals surface area contributed by atoms with Crippen LogP contribution < -0.4 is 0 Å². The summed E-state index contributed by atoms with van der Waals surface area (Å²) in [6.45, 7) is 5.66. The summed E-state index contributed by atoms with van der Waals surface area (Å²) in [5.74, 6) is 0. The first-order valence-electron chi connectivity index (χ1n) is 5.45. The van der Waals surface area contributed by atoms with E-state index < -0.39 is 0 Å². The molecule has 1 rings (SSSR count). The lowest BCUT2D eigenvalue weighted by Gasteiger charge is -2.13. The molecule has 0 spiro atoms. The Hall–Kier alpha value is -1.37. The van der Waals surface area contributed by atoms with E-state index in [1.54, 1.807) is 6.07 Å². The van der Waals surface area contributed by atoms with Crippen molar-refractivity contribution < 1.29 is 9.47 Å². The van der Waals surface area contributed by atoms with Crippen LogP contribution >= 0.6 is 0 Å². The Morgan fingerprint density at radius 2 is 2.12 bits per heavy atom. The number of ether oxygens (including phenoxy) is 2. The van der Waals surface area contributed by atoms with Crippen molar-refractivity contribution in [2.75, 3.05) is 13.2 Å². The summed E-state index contributed by atoms with van der Waals surface area (Å²) in [5.41, 5.74) is 1.60. The molecular formula is C13H17NO2. The molecule has 86 valence electrons. The summed E-state index contributed by atoms with van der Waals surface area (Å²) in [7, 11) is 0. The highest BCUT2D eigenvalue weighted by molar-refractivity contribution is 5.36. The molecule has 0 aromatic heterocycles. The maximum Gasteiger partial charge on any atom is 0.0995 e. The number of nitriles is 1. The minimum Gasteiger partial charge on any atom is -0.379 e. The summed E-state index contributed by atoms with van der Waals surface area (Å²) in [6.07, 6.45) is 0.0479. The summed E-state index contributed by atoms with van der Waals surface area (Å²) in [6, 6.07) is 9.62. The topological polar surface area (TPSA) is 42.2 Å². The van der Waals surface area contributed by atoms with Crippen LogP contribution in [0.4, 0.5) is 0 Å². The van der Waals surface area contributed by atoms with E-state index in [4.69, 9.17) is 14.7 Å². The third-order valence-electron chi connectivity index (χ3n) is 2.22. The van der Waals surface area contributed by atoms with Crippen molar-refractivity contribution in [1.82, 2.24) is 0 Å². The van der Waals surface area contributed by atoms with Crippen LogP contribution in [0.2, 0.25) is 0 Å². The molecule has 0 aliphatic heterocycles. The monoisotopic (exact) mass is 219 g/mol. The zero-order valence-electron chi connectivity index (χ0n) is 9.77. The van der Waals surface area contributed by atoms with Crippen LogP contribution in [0.1, 0.15) is 25.0 Å². The summed E-state index contributed by atoms with van der Waals surface area (Å²) >= 11 is 0. The Kier molecular flexibility index (Phi) is 5.55. The van der Waals surface area contributed by atoms with Crippen molar-refractivity contribution in [2.45, 2.75) is 26.6 Å². The van der Waals surface area contributed by atoms with Gasteiger partial charge in [-0.15, -0.1) is 0 Å². The van der Waals surface area contributed by atoms with Crippen LogP contribution in [0.15, 0.2) is 24.3 Å². The molecule has 1 aromatic carbocycles. The Morgan fingerprint density at radius 1 is 1.38 bits per heavy atom. The third-order valence-corrected chi connectivity index (χ3v) is 2.22. The first-order chi connectivity index (χ1) is 7.77. The molecule has 3 nitrogen and oxygen atoms in total. The minimum absolute atomic E-state index is 0.0479. The number of rotatable bonds is 6. The van der Waals surface area contributed by atoms with Gasteiger partial charge in [-0.3, -0.25) is 0 Å². The fourth-order valence-electron chi connectivity index (χ4n) is 1.32. The fourth-order valence-corrected chi connectivity index (χ4v) is 1.32. The SMILES string of the molecule is CCOCC(C)OCc1ccccc1C#N. The summed E-state index contributed by atoms with van der Waals surface area (Å²) in [5, 5.41) is 8.89. The van der Waals surface area contributed by atoms with Crippen molar-refractivity contribution >= 4 is 0 Å². The molecule has 0 aliphatic carbocycles. The van der Waals surface area contributed by atoms with E-state index in [1.165, 1.54) is 0 Å². The van der Waals surface area contributed by atoms with E-state index in [-0.39, 0.29) is 6.10 Å². The highest BCUT2D eigenvalue weighted by Crippen LogP contribution is 2.09. The molecule has 0 saturated carbocycles. The maximum absolute atomic E-state index is 8.89. The largest absolute Gasteiger partial charge is 0.379 e. The second kappa shape index (κ2) is 7.00. The predicted octanol–water partition coefficient (Wildman–Crippen LogP) is 2.50. The van der Waals surface area contributed by atoms with E-state index in [9.17, 15) is 0 Å². The molecule has 0 bridgehead atoms. The first-order valence-corrected chi connectivity index (χ1v) is 5.45. The van der Waals surface area contributed by atoms with Gasteiger partial charge in [0.05, 0.1) is 31.0 Å². The van der Waals surface area contributed by atoms with Crippen molar-refractivity contribution in [3.63, 3.8) is 0 Å². The van der Waals surface area contributed by atoms with Crippen LogP contribution in [0.25, 0.3) is 0 Å². The van der Waals surface area contributed by atoms with Crippen molar-refractivity contribution in [2.24, 2.45) is 0 Å². The predicted molar refractivity (Wildman–Crippen MR) is 61.9 cm³/mol. The number of nitrogens with zero attached hydrogens (tertiary/aromatic N) is 1. The van der Waals surface area contributed by atoms with Crippen molar-refractivity contribution in [1.29, 1.82) is 5.26 Å². The molecule has 0 aliphatic rings. The summed E-state index contributed by atoms with van der Waals surface area (Å²) < 4.78 is 10.8. The molecular weight excluding hydrogens is 202 g/mol. The summed E-state index contributed by atoms with van der Waals surface area (Å²) in [4.78, 5) is 0. The first kappa shape index (κ1) is 12.7. The third kappa shape index (κ3) is 4.01. The van der Waals surface area contributed by atoms with Gasteiger partial charge in [0.15, 0.2) is 0 Å². The van der Waals surface area contributed by atoms with Gasteiger partial charge in [-0.2, -0.15) is 5.26 Å². The molecule has 1 atom stereocenters. The zero-order chi connectivity index (χ0) is 11.8. The van der Waals surface area contributed by atoms with Gasteiger partial charge in [0.1, 0.15) is 0 Å². The standard InChI is InChI=1S/C13H17NO2/c1-3-15-9-11(2)16-10-13-7-5-4-6-12(13)8-14/h4-7,11H,3,9-10H2,1-2H3. The van der Waals surface area contributed by atoms with Crippen LogP contribution in [0, 0.1) is 11.3 Å². The van der Waals surface area contributed by atoms with Crippen molar-refractivity contribution in [3.05, 3.63) is 35.4 Å². The van der Waals surface area contributed by atoms with Crippen LogP contribution in [-0.2, 0) is 16.1 Å². The van der Waals surface area contributed by atoms with E-state index in [0.717, 1.165) is 5.56 Å². The molecule has 16 heavy (non-hydrogen) atoms. The van der Waals surface area contributed by atoms with E-state index in [0.29, 0.717) is 25.4 Å². The van der Waals surface area contributed by atoms with E-state index in [1.807, 2.05) is 32.0 Å². The molecule has 0 heterocycles. The normalized spacial score (nSPS) is 12.1. The molecule has 0 amide bonds. The Bertz CT molecular complexity index is 357. The lowest BCUT2D eigenvalue weighted by Crippen LogP contribution is -2.16. The molecule has 0 fully saturated rings. The van der Waals surface area contributed by atoms with Gasteiger partial charge < -0.3 is 9.47 Å².